The monoisotopic (exact) mass is 412 g/mol. The van der Waals surface area contributed by atoms with Crippen molar-refractivity contribution in [2.75, 3.05) is 0 Å². The van der Waals surface area contributed by atoms with E-state index < -0.39 is 86.7 Å². The van der Waals surface area contributed by atoms with Crippen LogP contribution < -0.4 is 0 Å². The van der Waals surface area contributed by atoms with Gasteiger partial charge in [-0.25, -0.2) is 0 Å². The summed E-state index contributed by atoms with van der Waals surface area (Å²) in [7, 11) is 0. The third kappa shape index (κ3) is 2.40. The predicted molar refractivity (Wildman–Crippen MR) is 97.5 cm³/mol. The van der Waals surface area contributed by atoms with Gasteiger partial charge in [-0.15, -0.1) is 0 Å². The van der Waals surface area contributed by atoms with E-state index in [4.69, 9.17) is 0 Å². The van der Waals surface area contributed by atoms with Gasteiger partial charge in [0.05, 0.1) is 11.1 Å². The molecule has 1 atom stereocenters. The van der Waals surface area contributed by atoms with Crippen LogP contribution in [-0.2, 0) is 16.0 Å². The van der Waals surface area contributed by atoms with Crippen LogP contribution in [0.3, 0.4) is 0 Å². The maximum Gasteiger partial charge on any atom is 0.237 e. The van der Waals surface area contributed by atoms with E-state index in [1.807, 2.05) is 0 Å². The van der Waals surface area contributed by atoms with Crippen LogP contribution >= 0.6 is 0 Å². The number of rotatable bonds is 1. The Morgan fingerprint density at radius 1 is 0.667 bits per heavy atom. The Morgan fingerprint density at radius 2 is 1.20 bits per heavy atom. The van der Waals surface area contributed by atoms with Crippen LogP contribution in [0.2, 0.25) is 0 Å². The minimum Gasteiger partial charge on any atom is -0.507 e. The first-order chi connectivity index (χ1) is 14.0. The van der Waals surface area contributed by atoms with Gasteiger partial charge in [0.2, 0.25) is 23.1 Å². The van der Waals surface area contributed by atoms with Crippen LogP contribution in [0.1, 0.15) is 31.8 Å². The van der Waals surface area contributed by atoms with E-state index in [2.05, 4.69) is 0 Å². The van der Waals surface area contributed by atoms with Crippen LogP contribution in [0.15, 0.2) is 18.2 Å². The van der Waals surface area contributed by atoms with Gasteiger partial charge >= 0.3 is 0 Å². The van der Waals surface area contributed by atoms with Crippen LogP contribution in [0.25, 0.3) is 16.9 Å². The third-order valence-electron chi connectivity index (χ3n) is 5.05. The SMILES string of the molecule is O=C1C=C(O)c2c(c(O)cc(O)c2-c2c(O)cc(O)c3c2C[C@@H](O)C(=O)C3=O)C1=O. The highest BCUT2D eigenvalue weighted by Gasteiger charge is 2.40. The van der Waals surface area contributed by atoms with Crippen molar-refractivity contribution in [3.8, 4) is 34.1 Å². The highest BCUT2D eigenvalue weighted by atomic mass is 16.3. The topological polar surface area (TPSA) is 190 Å². The number of fused-ring (bicyclic) bond motifs is 2. The molecule has 4 rings (SSSR count). The molecule has 0 fully saturated rings. The molecule has 10 nitrogen and oxygen atoms in total. The lowest BCUT2D eigenvalue weighted by Crippen LogP contribution is -2.36. The molecule has 0 heterocycles. The highest BCUT2D eigenvalue weighted by Crippen LogP contribution is 2.50. The van der Waals surface area contributed by atoms with Gasteiger partial charge in [0.15, 0.2) is 0 Å². The molecule has 6 N–H and O–H groups in total. The van der Waals surface area contributed by atoms with Crippen molar-refractivity contribution >= 4 is 28.9 Å². The fraction of sp³-hybridized carbons (Fsp3) is 0.100. The number of benzene rings is 2. The summed E-state index contributed by atoms with van der Waals surface area (Å²) in [6.45, 7) is 0. The molecule has 0 saturated heterocycles. The fourth-order valence-corrected chi connectivity index (χ4v) is 3.78. The average molecular weight is 412 g/mol. The average Bonchev–Trinajstić information content (AvgIpc) is 2.65. The van der Waals surface area contributed by atoms with Crippen LogP contribution in [0, 0.1) is 0 Å². The van der Waals surface area contributed by atoms with Crippen molar-refractivity contribution in [3.63, 3.8) is 0 Å². The molecule has 10 heteroatoms. The summed E-state index contributed by atoms with van der Waals surface area (Å²) in [5.74, 6) is -8.61. The number of allylic oxidation sites excluding steroid dienone is 1. The number of hydrogen-bond acceptors (Lipinski definition) is 10. The first kappa shape index (κ1) is 19.2. The number of carbonyl (C=O) groups excluding carboxylic acids is 4. The molecule has 2 aromatic carbocycles. The number of aliphatic hydroxyl groups excluding tert-OH is 2. The molecule has 0 saturated carbocycles. The second-order valence-corrected chi connectivity index (χ2v) is 6.82. The normalized spacial score (nSPS) is 18.2. The van der Waals surface area contributed by atoms with Crippen LogP contribution in [0.4, 0.5) is 0 Å². The highest BCUT2D eigenvalue weighted by molar-refractivity contribution is 6.51. The zero-order chi connectivity index (χ0) is 22.1. The Bertz CT molecular complexity index is 1250. The molecule has 152 valence electrons. The zero-order valence-electron chi connectivity index (χ0n) is 14.8. The summed E-state index contributed by atoms with van der Waals surface area (Å²) in [4.78, 5) is 48.2. The van der Waals surface area contributed by atoms with Gasteiger partial charge in [-0.05, 0) is 5.56 Å². The summed E-state index contributed by atoms with van der Waals surface area (Å²) in [6.07, 6.45) is -1.78. The van der Waals surface area contributed by atoms with Crippen molar-refractivity contribution in [1.29, 1.82) is 0 Å². The molecule has 0 amide bonds. The third-order valence-corrected chi connectivity index (χ3v) is 5.05. The summed E-state index contributed by atoms with van der Waals surface area (Å²) < 4.78 is 0. The number of Topliss-reactive ketones (excluding diaryl/α,β-unsaturated/α-hetero) is 3. The number of aliphatic hydroxyl groups is 2. The molecule has 30 heavy (non-hydrogen) atoms. The lowest BCUT2D eigenvalue weighted by molar-refractivity contribution is -0.123. The Hall–Kier alpha value is -4.18. The molecular weight excluding hydrogens is 400 g/mol. The summed E-state index contributed by atoms with van der Waals surface area (Å²) in [6, 6.07) is 1.41. The molecule has 0 unspecified atom stereocenters. The van der Waals surface area contributed by atoms with Gasteiger partial charge in [-0.2, -0.15) is 0 Å². The van der Waals surface area contributed by atoms with Crippen molar-refractivity contribution in [1.82, 2.24) is 0 Å². The molecule has 0 radical (unpaired) electrons. The quantitative estimate of drug-likeness (QED) is 0.360. The van der Waals surface area contributed by atoms with Crippen molar-refractivity contribution in [2.24, 2.45) is 0 Å². The maximum atomic E-state index is 12.3. The Kier molecular flexibility index (Phi) is 3.93. The molecule has 0 aliphatic heterocycles. The smallest absolute Gasteiger partial charge is 0.237 e. The van der Waals surface area contributed by atoms with E-state index in [-0.39, 0.29) is 11.1 Å². The minimum absolute atomic E-state index is 0.232. The van der Waals surface area contributed by atoms with Gasteiger partial charge in [0, 0.05) is 41.3 Å². The van der Waals surface area contributed by atoms with E-state index in [9.17, 15) is 49.8 Å². The van der Waals surface area contributed by atoms with E-state index >= 15 is 0 Å². The number of ketones is 4. The predicted octanol–water partition coefficient (Wildman–Crippen LogP) is 0.509. The number of phenols is 4. The number of aromatic hydroxyl groups is 4. The maximum absolute atomic E-state index is 12.3. The fourth-order valence-electron chi connectivity index (χ4n) is 3.78. The van der Waals surface area contributed by atoms with Crippen molar-refractivity contribution in [2.45, 2.75) is 12.5 Å². The van der Waals surface area contributed by atoms with Crippen molar-refractivity contribution < 1.29 is 49.8 Å². The van der Waals surface area contributed by atoms with Gasteiger partial charge in [0.25, 0.3) is 0 Å². The lowest BCUT2D eigenvalue weighted by Gasteiger charge is -2.26. The largest absolute Gasteiger partial charge is 0.507 e. The van der Waals surface area contributed by atoms with E-state index in [1.165, 1.54) is 0 Å². The van der Waals surface area contributed by atoms with Crippen LogP contribution in [-0.4, -0.2) is 59.9 Å². The first-order valence-electron chi connectivity index (χ1n) is 8.48. The molecule has 0 aromatic heterocycles. The lowest BCUT2D eigenvalue weighted by atomic mass is 9.79. The molecule has 0 bridgehead atoms. The summed E-state index contributed by atoms with van der Waals surface area (Å²) in [5.41, 5.74) is -2.73. The second-order valence-electron chi connectivity index (χ2n) is 6.82. The van der Waals surface area contributed by atoms with Gasteiger partial charge in [-0.3, -0.25) is 19.2 Å². The molecule has 0 spiro atoms. The molecule has 2 aliphatic carbocycles. The standard InChI is InChI=1S/C20H12O10/c21-6-2-7(22)14-5(1-11(26)19(29)20(14)30)13(6)15-8(23)3-10(25)17-16(15)9(24)4-12(27)18(17)28/h2-4,11,21-26H,1H2/t11-/m1/s1. The Morgan fingerprint density at radius 3 is 1.83 bits per heavy atom. The summed E-state index contributed by atoms with van der Waals surface area (Å²) in [5, 5.41) is 61.3. The molecular formula is C20H12O10. The van der Waals surface area contributed by atoms with Gasteiger partial charge in [0.1, 0.15) is 34.9 Å². The van der Waals surface area contributed by atoms with E-state index in [0.717, 1.165) is 0 Å². The number of hydrogen-bond donors (Lipinski definition) is 6. The van der Waals surface area contributed by atoms with Crippen LogP contribution in [0.5, 0.6) is 23.0 Å². The Balaban J connectivity index is 2.17. The first-order valence-corrected chi connectivity index (χ1v) is 8.48. The van der Waals surface area contributed by atoms with Gasteiger partial charge in [-0.1, -0.05) is 0 Å². The molecule has 2 aromatic rings. The minimum atomic E-state index is -1.80. The summed E-state index contributed by atoms with van der Waals surface area (Å²) >= 11 is 0. The second kappa shape index (κ2) is 6.16. The number of carbonyl (C=O) groups is 4. The van der Waals surface area contributed by atoms with E-state index in [0.29, 0.717) is 18.2 Å². The van der Waals surface area contributed by atoms with E-state index in [1.54, 1.807) is 0 Å². The van der Waals surface area contributed by atoms with Gasteiger partial charge < -0.3 is 30.6 Å². The van der Waals surface area contributed by atoms with Crippen molar-refractivity contribution in [3.05, 3.63) is 40.5 Å². The zero-order valence-corrected chi connectivity index (χ0v) is 14.8. The number of phenolic OH excluding ortho intramolecular Hbond substituents is 4. The molecule has 2 aliphatic rings. The Labute approximate surface area is 166 Å².